The number of hydrogen-bond donors (Lipinski definition) is 2. The van der Waals surface area contributed by atoms with Gasteiger partial charge in [-0.3, -0.25) is 9.69 Å². The van der Waals surface area contributed by atoms with Crippen molar-refractivity contribution >= 4 is 18.3 Å². The molecular weight excluding hydrogens is 310 g/mol. The van der Waals surface area contributed by atoms with Crippen molar-refractivity contribution in [2.45, 2.75) is 52.2 Å². The molecule has 3 atom stereocenters. The predicted octanol–water partition coefficient (Wildman–Crippen LogP) is 2.34. The lowest BCUT2D eigenvalue weighted by atomic mass is 9.98. The van der Waals surface area contributed by atoms with E-state index in [2.05, 4.69) is 48.3 Å². The number of nitrogens with two attached hydrogens (primary N) is 1. The highest BCUT2D eigenvalue weighted by molar-refractivity contribution is 5.85. The van der Waals surface area contributed by atoms with Crippen LogP contribution in [0.15, 0.2) is 24.3 Å². The molecule has 4 nitrogen and oxygen atoms in total. The summed E-state index contributed by atoms with van der Waals surface area (Å²) >= 11 is 0. The van der Waals surface area contributed by atoms with E-state index in [0.717, 1.165) is 25.9 Å². The fourth-order valence-corrected chi connectivity index (χ4v) is 2.90. The quantitative estimate of drug-likeness (QED) is 0.836. The van der Waals surface area contributed by atoms with Gasteiger partial charge in [0.15, 0.2) is 0 Å². The predicted molar refractivity (Wildman–Crippen MR) is 97.7 cm³/mol. The molecule has 0 saturated heterocycles. The Morgan fingerprint density at radius 2 is 1.96 bits per heavy atom. The molecule has 1 aliphatic heterocycles. The van der Waals surface area contributed by atoms with Crippen molar-refractivity contribution in [3.8, 4) is 0 Å². The van der Waals surface area contributed by atoms with Crippen molar-refractivity contribution < 1.29 is 4.79 Å². The van der Waals surface area contributed by atoms with E-state index >= 15 is 0 Å². The average Bonchev–Trinajstić information content (AvgIpc) is 2.57. The second kappa shape index (κ2) is 9.26. The first-order chi connectivity index (χ1) is 10.5. The van der Waals surface area contributed by atoms with Gasteiger partial charge in [0.05, 0.1) is 6.04 Å². The Hall–Kier alpha value is -1.10. The molecule has 1 heterocycles. The number of benzene rings is 1. The van der Waals surface area contributed by atoms with Gasteiger partial charge >= 0.3 is 0 Å². The molecule has 1 aromatic carbocycles. The third-order valence-electron chi connectivity index (χ3n) is 4.91. The number of nitrogens with zero attached hydrogens (tertiary/aromatic N) is 1. The topological polar surface area (TPSA) is 58.4 Å². The minimum Gasteiger partial charge on any atom is -0.353 e. The summed E-state index contributed by atoms with van der Waals surface area (Å²) in [6.45, 7) is 8.92. The first-order valence-corrected chi connectivity index (χ1v) is 8.37. The zero-order valence-electron chi connectivity index (χ0n) is 14.4. The van der Waals surface area contributed by atoms with Gasteiger partial charge in [0.2, 0.25) is 5.91 Å². The molecule has 2 rings (SSSR count). The van der Waals surface area contributed by atoms with Crippen molar-refractivity contribution in [3.63, 3.8) is 0 Å². The van der Waals surface area contributed by atoms with E-state index in [0.29, 0.717) is 12.6 Å². The third-order valence-corrected chi connectivity index (χ3v) is 4.91. The van der Waals surface area contributed by atoms with Crippen molar-refractivity contribution in [2.75, 3.05) is 13.1 Å². The number of nitrogens with one attached hydrogen (secondary N) is 1. The summed E-state index contributed by atoms with van der Waals surface area (Å²) in [6.07, 6.45) is 2.01. The number of rotatable bonds is 6. The lowest BCUT2D eigenvalue weighted by Crippen LogP contribution is -2.49. The monoisotopic (exact) mass is 339 g/mol. The second-order valence-electron chi connectivity index (χ2n) is 6.49. The van der Waals surface area contributed by atoms with Crippen LogP contribution in [0.4, 0.5) is 0 Å². The summed E-state index contributed by atoms with van der Waals surface area (Å²) in [6, 6.07) is 8.53. The van der Waals surface area contributed by atoms with Crippen molar-refractivity contribution in [1.82, 2.24) is 10.2 Å². The maximum absolute atomic E-state index is 12.1. The maximum atomic E-state index is 12.1. The molecule has 23 heavy (non-hydrogen) atoms. The van der Waals surface area contributed by atoms with Gasteiger partial charge in [-0.2, -0.15) is 0 Å². The lowest BCUT2D eigenvalue weighted by Gasteiger charge is -2.34. The van der Waals surface area contributed by atoms with Crippen LogP contribution in [0.1, 0.15) is 38.3 Å². The molecule has 1 aromatic rings. The molecule has 1 amide bonds. The van der Waals surface area contributed by atoms with Crippen LogP contribution < -0.4 is 11.1 Å². The lowest BCUT2D eigenvalue weighted by molar-refractivity contribution is -0.123. The van der Waals surface area contributed by atoms with Crippen LogP contribution >= 0.6 is 12.4 Å². The Balaban J connectivity index is 0.00000264. The molecule has 1 aliphatic rings. The molecule has 3 N–H and O–H groups in total. The van der Waals surface area contributed by atoms with Gasteiger partial charge in [-0.25, -0.2) is 0 Å². The Morgan fingerprint density at radius 1 is 1.30 bits per heavy atom. The van der Waals surface area contributed by atoms with E-state index in [-0.39, 0.29) is 24.2 Å². The normalized spacial score (nSPS) is 18.3. The molecule has 0 spiro atoms. The molecule has 0 saturated carbocycles. The van der Waals surface area contributed by atoms with E-state index < -0.39 is 6.04 Å². The number of halogens is 1. The highest BCUT2D eigenvalue weighted by Crippen LogP contribution is 2.19. The van der Waals surface area contributed by atoms with Crippen LogP contribution in [0.25, 0.3) is 0 Å². The number of carbonyl (C=O) groups excluding carboxylic acids is 1. The van der Waals surface area contributed by atoms with Crippen molar-refractivity contribution in [2.24, 2.45) is 11.7 Å². The number of amides is 1. The van der Waals surface area contributed by atoms with Gasteiger partial charge in [0.1, 0.15) is 0 Å². The van der Waals surface area contributed by atoms with Crippen LogP contribution in [0.2, 0.25) is 0 Å². The van der Waals surface area contributed by atoms with E-state index in [1.54, 1.807) is 0 Å². The molecule has 3 unspecified atom stereocenters. The zero-order chi connectivity index (χ0) is 16.1. The minimum atomic E-state index is -0.403. The number of hydrogen-bond acceptors (Lipinski definition) is 3. The fourth-order valence-electron chi connectivity index (χ4n) is 2.90. The van der Waals surface area contributed by atoms with E-state index in [4.69, 9.17) is 5.73 Å². The molecule has 0 fully saturated rings. The first-order valence-electron chi connectivity index (χ1n) is 8.37. The highest BCUT2D eigenvalue weighted by Gasteiger charge is 2.23. The Bertz CT molecular complexity index is 509. The zero-order valence-corrected chi connectivity index (χ0v) is 15.2. The molecular formula is C18H30ClN3O. The smallest absolute Gasteiger partial charge is 0.237 e. The highest BCUT2D eigenvalue weighted by atomic mass is 35.5. The molecule has 0 bridgehead atoms. The Kier molecular flexibility index (Phi) is 8.03. The van der Waals surface area contributed by atoms with Gasteiger partial charge < -0.3 is 11.1 Å². The van der Waals surface area contributed by atoms with Gasteiger partial charge in [0, 0.05) is 25.7 Å². The first kappa shape index (κ1) is 19.9. The van der Waals surface area contributed by atoms with Gasteiger partial charge in [-0.05, 0) is 30.4 Å². The van der Waals surface area contributed by atoms with Crippen LogP contribution in [0, 0.1) is 5.92 Å². The summed E-state index contributed by atoms with van der Waals surface area (Å²) in [5, 5.41) is 3.01. The Labute approximate surface area is 146 Å². The Morgan fingerprint density at radius 3 is 2.61 bits per heavy atom. The van der Waals surface area contributed by atoms with Crippen LogP contribution in [0.3, 0.4) is 0 Å². The molecule has 0 aliphatic carbocycles. The molecule has 0 radical (unpaired) electrons. The van der Waals surface area contributed by atoms with Gasteiger partial charge in [-0.1, -0.05) is 44.5 Å². The van der Waals surface area contributed by atoms with Gasteiger partial charge in [-0.15, -0.1) is 12.4 Å². The summed E-state index contributed by atoms with van der Waals surface area (Å²) in [4.78, 5) is 14.5. The second-order valence-corrected chi connectivity index (χ2v) is 6.49. The van der Waals surface area contributed by atoms with E-state index in [1.165, 1.54) is 11.1 Å². The fraction of sp³-hybridized carbons (Fsp3) is 0.611. The minimum absolute atomic E-state index is 0. The van der Waals surface area contributed by atoms with Gasteiger partial charge in [0.25, 0.3) is 0 Å². The molecule has 0 aromatic heterocycles. The maximum Gasteiger partial charge on any atom is 0.237 e. The summed E-state index contributed by atoms with van der Waals surface area (Å²) in [5.74, 6) is 0.191. The summed E-state index contributed by atoms with van der Waals surface area (Å²) in [5.41, 5.74) is 8.83. The van der Waals surface area contributed by atoms with Crippen molar-refractivity contribution in [1.29, 1.82) is 0 Å². The SMILES string of the molecule is CCC(C)C(N)C(=O)NCC(C)N1CCc2ccccc2C1.Cl. The largest absolute Gasteiger partial charge is 0.353 e. The summed E-state index contributed by atoms with van der Waals surface area (Å²) < 4.78 is 0. The average molecular weight is 340 g/mol. The van der Waals surface area contributed by atoms with Crippen molar-refractivity contribution in [3.05, 3.63) is 35.4 Å². The van der Waals surface area contributed by atoms with Crippen LogP contribution in [0.5, 0.6) is 0 Å². The molecule has 5 heteroatoms. The third kappa shape index (κ3) is 5.20. The van der Waals surface area contributed by atoms with Crippen LogP contribution in [-0.2, 0) is 17.8 Å². The van der Waals surface area contributed by atoms with E-state index in [9.17, 15) is 4.79 Å². The summed E-state index contributed by atoms with van der Waals surface area (Å²) in [7, 11) is 0. The molecule has 130 valence electrons. The van der Waals surface area contributed by atoms with Crippen LogP contribution in [-0.4, -0.2) is 36.0 Å². The number of carbonyl (C=O) groups is 1. The van der Waals surface area contributed by atoms with E-state index in [1.807, 2.05) is 6.92 Å². The number of fused-ring (bicyclic) bond motifs is 1. The standard InChI is InChI=1S/C18H29N3O.ClH/c1-4-13(2)17(19)18(22)20-11-14(3)21-10-9-15-7-5-6-8-16(15)12-21;/h5-8,13-14,17H,4,9-12,19H2,1-3H3,(H,20,22);1H.